The Kier molecular flexibility index (Phi) is 4.53. The first-order chi connectivity index (χ1) is 10.2. The van der Waals surface area contributed by atoms with Crippen LogP contribution in [0.1, 0.15) is 16.1 Å². The average Bonchev–Trinajstić information content (AvgIpc) is 2.45. The number of hydrogen-bond acceptors (Lipinski definition) is 4. The molecule has 1 aromatic heterocycles. The van der Waals surface area contributed by atoms with Crippen molar-refractivity contribution in [2.75, 3.05) is 13.3 Å². The van der Waals surface area contributed by atoms with Gasteiger partial charge < -0.3 is 0 Å². The lowest BCUT2D eigenvalue weighted by Crippen LogP contribution is -2.32. The molecule has 0 aliphatic heterocycles. The molecule has 0 unspecified atom stereocenters. The van der Waals surface area contributed by atoms with Gasteiger partial charge in [-0.25, -0.2) is 12.7 Å². The van der Waals surface area contributed by atoms with Crippen LogP contribution >= 0.6 is 11.6 Å². The highest BCUT2D eigenvalue weighted by molar-refractivity contribution is 7.88. The maximum Gasteiger partial charge on any atom is 0.267 e. The minimum absolute atomic E-state index is 0.232. The lowest BCUT2D eigenvalue weighted by atomic mass is 10.1. The molecule has 2 aromatic rings. The number of sulfonamides is 1. The number of benzene rings is 1. The van der Waals surface area contributed by atoms with Crippen LogP contribution < -0.4 is 0 Å². The van der Waals surface area contributed by atoms with Crippen molar-refractivity contribution < 1.29 is 13.2 Å². The van der Waals surface area contributed by atoms with E-state index in [1.54, 1.807) is 18.2 Å². The Morgan fingerprint density at radius 1 is 1.23 bits per heavy atom. The molecular formula is C15H15ClN2O3S. The molecule has 116 valence electrons. The summed E-state index contributed by atoms with van der Waals surface area (Å²) < 4.78 is 23.7. The van der Waals surface area contributed by atoms with E-state index >= 15 is 0 Å². The fraction of sp³-hybridized carbons (Fsp3) is 0.200. The van der Waals surface area contributed by atoms with Crippen LogP contribution in [0.3, 0.4) is 0 Å². The van der Waals surface area contributed by atoms with Gasteiger partial charge in [0.1, 0.15) is 0 Å². The number of nitrogens with zero attached hydrogens (tertiary/aromatic N) is 2. The third kappa shape index (κ3) is 3.45. The number of rotatable bonds is 3. The summed E-state index contributed by atoms with van der Waals surface area (Å²) in [5.41, 5.74) is 2.26. The van der Waals surface area contributed by atoms with Crippen molar-refractivity contribution in [2.45, 2.75) is 6.92 Å². The smallest absolute Gasteiger partial charge is 0.267 e. The largest absolute Gasteiger partial charge is 0.268 e. The molecule has 0 aliphatic rings. The molecule has 1 amide bonds. The molecule has 22 heavy (non-hydrogen) atoms. The van der Waals surface area contributed by atoms with Gasteiger partial charge in [0, 0.05) is 23.9 Å². The number of carbonyl (C=O) groups excluding carboxylic acids is 1. The van der Waals surface area contributed by atoms with Gasteiger partial charge in [0.15, 0.2) is 0 Å². The fourth-order valence-corrected chi connectivity index (χ4v) is 2.50. The minimum atomic E-state index is -3.61. The summed E-state index contributed by atoms with van der Waals surface area (Å²) in [7, 11) is -2.39. The van der Waals surface area contributed by atoms with Gasteiger partial charge in [0.05, 0.1) is 17.0 Å². The van der Waals surface area contributed by atoms with E-state index in [0.717, 1.165) is 11.9 Å². The Bertz CT molecular complexity index is 834. The van der Waals surface area contributed by atoms with Crippen molar-refractivity contribution in [2.24, 2.45) is 0 Å². The molecule has 0 spiro atoms. The normalized spacial score (nSPS) is 11.3. The van der Waals surface area contributed by atoms with Crippen molar-refractivity contribution in [3.05, 3.63) is 52.7 Å². The molecule has 5 nitrogen and oxygen atoms in total. The van der Waals surface area contributed by atoms with Crippen molar-refractivity contribution in [1.29, 1.82) is 0 Å². The maximum absolute atomic E-state index is 12.2. The average molecular weight is 339 g/mol. The zero-order chi connectivity index (χ0) is 16.5. The first-order valence-corrected chi connectivity index (χ1v) is 8.64. The molecular weight excluding hydrogens is 324 g/mol. The van der Waals surface area contributed by atoms with Crippen LogP contribution in [0.4, 0.5) is 0 Å². The molecule has 0 radical (unpaired) electrons. The van der Waals surface area contributed by atoms with Gasteiger partial charge >= 0.3 is 0 Å². The SMILES string of the molecule is Cc1cccc(-c2cc(C(=O)N(C)S(C)(=O)=O)ccc2Cl)n1. The number of amides is 1. The van der Waals surface area contributed by atoms with Gasteiger partial charge in [-0.15, -0.1) is 0 Å². The number of halogens is 1. The number of aromatic nitrogens is 1. The van der Waals surface area contributed by atoms with Gasteiger partial charge in [0.25, 0.3) is 5.91 Å². The van der Waals surface area contributed by atoms with E-state index in [-0.39, 0.29) is 5.56 Å². The second-order valence-electron chi connectivity index (χ2n) is 4.89. The molecule has 0 saturated carbocycles. The van der Waals surface area contributed by atoms with E-state index in [1.165, 1.54) is 13.1 Å². The lowest BCUT2D eigenvalue weighted by molar-refractivity contribution is 0.0884. The Labute approximate surface area is 134 Å². The van der Waals surface area contributed by atoms with Crippen molar-refractivity contribution in [1.82, 2.24) is 9.29 Å². The van der Waals surface area contributed by atoms with Crippen molar-refractivity contribution in [3.63, 3.8) is 0 Å². The molecule has 7 heteroatoms. The molecule has 1 heterocycles. The zero-order valence-electron chi connectivity index (χ0n) is 12.4. The summed E-state index contributed by atoms with van der Waals surface area (Å²) in [6.07, 6.45) is 0.976. The van der Waals surface area contributed by atoms with Crippen LogP contribution in [0.15, 0.2) is 36.4 Å². The van der Waals surface area contributed by atoms with E-state index in [1.807, 2.05) is 19.1 Å². The predicted octanol–water partition coefficient (Wildman–Crippen LogP) is 2.74. The van der Waals surface area contributed by atoms with Crippen LogP contribution in [-0.2, 0) is 10.0 Å². The predicted molar refractivity (Wildman–Crippen MR) is 86.4 cm³/mol. The van der Waals surface area contributed by atoms with E-state index in [2.05, 4.69) is 4.98 Å². The van der Waals surface area contributed by atoms with Crippen LogP contribution in [0.2, 0.25) is 5.02 Å². The molecule has 2 rings (SSSR count). The molecule has 0 saturated heterocycles. The molecule has 0 atom stereocenters. The van der Waals surface area contributed by atoms with E-state index in [9.17, 15) is 13.2 Å². The summed E-state index contributed by atoms with van der Waals surface area (Å²) in [4.78, 5) is 16.6. The van der Waals surface area contributed by atoms with Crippen LogP contribution in [0.25, 0.3) is 11.3 Å². The Hall–Kier alpha value is -1.92. The van der Waals surface area contributed by atoms with Crippen LogP contribution in [-0.4, -0.2) is 36.9 Å². The van der Waals surface area contributed by atoms with E-state index in [4.69, 9.17) is 11.6 Å². The van der Waals surface area contributed by atoms with Gasteiger partial charge in [-0.2, -0.15) is 0 Å². The van der Waals surface area contributed by atoms with Gasteiger partial charge in [-0.1, -0.05) is 17.7 Å². The number of hydrogen-bond donors (Lipinski definition) is 0. The molecule has 1 aromatic carbocycles. The van der Waals surface area contributed by atoms with Gasteiger partial charge in [-0.05, 0) is 37.3 Å². The summed E-state index contributed by atoms with van der Waals surface area (Å²) in [5.74, 6) is -0.618. The Balaban J connectivity index is 2.50. The van der Waals surface area contributed by atoms with Crippen LogP contribution in [0, 0.1) is 6.92 Å². The fourth-order valence-electron chi connectivity index (χ4n) is 1.88. The first-order valence-electron chi connectivity index (χ1n) is 6.42. The van der Waals surface area contributed by atoms with E-state index in [0.29, 0.717) is 20.6 Å². The second-order valence-corrected chi connectivity index (χ2v) is 7.32. The van der Waals surface area contributed by atoms with E-state index < -0.39 is 15.9 Å². The molecule has 0 N–H and O–H groups in total. The molecule has 0 fully saturated rings. The summed E-state index contributed by atoms with van der Waals surface area (Å²) >= 11 is 6.17. The number of pyridine rings is 1. The lowest BCUT2D eigenvalue weighted by Gasteiger charge is -2.15. The van der Waals surface area contributed by atoms with Crippen molar-refractivity contribution in [3.8, 4) is 11.3 Å². The van der Waals surface area contributed by atoms with Crippen LogP contribution in [0.5, 0.6) is 0 Å². The maximum atomic E-state index is 12.2. The number of aryl methyl sites for hydroxylation is 1. The highest BCUT2D eigenvalue weighted by atomic mass is 35.5. The highest BCUT2D eigenvalue weighted by Gasteiger charge is 2.21. The summed E-state index contributed by atoms with van der Waals surface area (Å²) in [6.45, 7) is 1.85. The standard InChI is InChI=1S/C15H15ClN2O3S/c1-10-5-4-6-14(17-10)12-9-11(7-8-13(12)16)15(19)18(2)22(3,20)21/h4-9H,1-3H3. The monoisotopic (exact) mass is 338 g/mol. The number of carbonyl (C=O) groups is 1. The van der Waals surface area contributed by atoms with Gasteiger partial charge in [-0.3, -0.25) is 9.78 Å². The minimum Gasteiger partial charge on any atom is -0.268 e. The Morgan fingerprint density at radius 3 is 2.50 bits per heavy atom. The Morgan fingerprint density at radius 2 is 1.91 bits per heavy atom. The first kappa shape index (κ1) is 16.5. The topological polar surface area (TPSA) is 67.3 Å². The zero-order valence-corrected chi connectivity index (χ0v) is 13.9. The third-order valence-electron chi connectivity index (χ3n) is 3.16. The highest BCUT2D eigenvalue weighted by Crippen LogP contribution is 2.28. The molecule has 0 aliphatic carbocycles. The third-order valence-corrected chi connectivity index (χ3v) is 4.65. The van der Waals surface area contributed by atoms with Gasteiger partial charge in [0.2, 0.25) is 10.0 Å². The summed E-state index contributed by atoms with van der Waals surface area (Å²) in [6, 6.07) is 10.1. The second kappa shape index (κ2) is 6.06. The quantitative estimate of drug-likeness (QED) is 0.863. The van der Waals surface area contributed by atoms with Crippen molar-refractivity contribution >= 4 is 27.5 Å². The molecule has 0 bridgehead atoms. The summed E-state index contributed by atoms with van der Waals surface area (Å²) in [5, 5.41) is 0.441.